The number of ether oxygens (including phenoxy) is 1. The molecular weight excluding hydrogens is 212 g/mol. The fourth-order valence-electron chi connectivity index (χ4n) is 1.50. The van der Waals surface area contributed by atoms with Gasteiger partial charge in [-0.2, -0.15) is 0 Å². The quantitative estimate of drug-likeness (QED) is 0.673. The first kappa shape index (κ1) is 11.3. The van der Waals surface area contributed by atoms with Gasteiger partial charge in [0.2, 0.25) is 9.05 Å². The number of hydrogen-bond acceptors (Lipinski definition) is 3. The normalized spacial score (nSPS) is 22.7. The summed E-state index contributed by atoms with van der Waals surface area (Å²) in [6.07, 6.45) is 2.73. The van der Waals surface area contributed by atoms with Gasteiger partial charge in [-0.15, -0.1) is 0 Å². The Morgan fingerprint density at radius 1 is 1.54 bits per heavy atom. The van der Waals surface area contributed by atoms with Crippen molar-refractivity contribution in [2.75, 3.05) is 7.11 Å². The van der Waals surface area contributed by atoms with E-state index in [1.807, 2.05) is 6.92 Å². The molecule has 0 aromatic rings. The van der Waals surface area contributed by atoms with E-state index in [0.29, 0.717) is 19.3 Å². The highest BCUT2D eigenvalue weighted by atomic mass is 35.7. The van der Waals surface area contributed by atoms with Crippen LogP contribution in [0.3, 0.4) is 0 Å². The molecule has 0 saturated heterocycles. The molecule has 0 bridgehead atoms. The molecule has 0 amide bonds. The summed E-state index contributed by atoms with van der Waals surface area (Å²) in [6, 6.07) is 0. The van der Waals surface area contributed by atoms with Gasteiger partial charge in [0.25, 0.3) is 0 Å². The van der Waals surface area contributed by atoms with Crippen LogP contribution < -0.4 is 0 Å². The Morgan fingerprint density at radius 3 is 2.31 bits per heavy atom. The summed E-state index contributed by atoms with van der Waals surface area (Å²) in [4.78, 5) is 0. The van der Waals surface area contributed by atoms with Crippen molar-refractivity contribution in [3.63, 3.8) is 0 Å². The summed E-state index contributed by atoms with van der Waals surface area (Å²) in [5.74, 6) is 0. The van der Waals surface area contributed by atoms with Crippen LogP contribution in [0.25, 0.3) is 0 Å². The highest BCUT2D eigenvalue weighted by molar-refractivity contribution is 8.15. The summed E-state index contributed by atoms with van der Waals surface area (Å²) in [7, 11) is 3.55. The van der Waals surface area contributed by atoms with Gasteiger partial charge in [0.15, 0.2) is 0 Å². The SMILES string of the molecule is CCC(CC1(S(=O)(=O)Cl)CC1)OC. The second kappa shape index (κ2) is 3.75. The maximum absolute atomic E-state index is 11.2. The minimum atomic E-state index is -3.41. The topological polar surface area (TPSA) is 43.4 Å². The fourth-order valence-corrected chi connectivity index (χ4v) is 3.12. The maximum Gasteiger partial charge on any atom is 0.238 e. The Balaban J connectivity index is 2.63. The minimum absolute atomic E-state index is 0.0102. The van der Waals surface area contributed by atoms with Gasteiger partial charge >= 0.3 is 0 Å². The molecule has 1 unspecified atom stereocenters. The zero-order valence-corrected chi connectivity index (χ0v) is 9.49. The molecule has 5 heteroatoms. The second-order valence-corrected chi connectivity index (χ2v) is 6.55. The van der Waals surface area contributed by atoms with Crippen molar-refractivity contribution in [2.45, 2.75) is 43.5 Å². The first-order valence-corrected chi connectivity index (χ1v) is 6.73. The average Bonchev–Trinajstić information content (AvgIpc) is 2.79. The molecule has 0 radical (unpaired) electrons. The molecule has 78 valence electrons. The van der Waals surface area contributed by atoms with Crippen LogP contribution in [0.1, 0.15) is 32.6 Å². The molecule has 0 aromatic heterocycles. The maximum atomic E-state index is 11.2. The molecule has 0 N–H and O–H groups in total. The zero-order chi connectivity index (χ0) is 10.1. The molecule has 1 aliphatic carbocycles. The third-order valence-electron chi connectivity index (χ3n) is 2.71. The summed E-state index contributed by atoms with van der Waals surface area (Å²) in [5, 5.41) is 0. The van der Waals surface area contributed by atoms with E-state index in [0.717, 1.165) is 6.42 Å². The van der Waals surface area contributed by atoms with Gasteiger partial charge in [-0.05, 0) is 25.7 Å². The summed E-state index contributed by atoms with van der Waals surface area (Å²) < 4.78 is 26.9. The van der Waals surface area contributed by atoms with Crippen LogP contribution in [0, 0.1) is 0 Å². The molecule has 13 heavy (non-hydrogen) atoms. The molecule has 0 spiro atoms. The Morgan fingerprint density at radius 2 is 2.08 bits per heavy atom. The van der Waals surface area contributed by atoms with Crippen LogP contribution in [0.15, 0.2) is 0 Å². The van der Waals surface area contributed by atoms with Gasteiger partial charge in [0, 0.05) is 17.8 Å². The Hall–Kier alpha value is 0.200. The number of hydrogen-bond donors (Lipinski definition) is 0. The van der Waals surface area contributed by atoms with Crippen LogP contribution in [0.5, 0.6) is 0 Å². The van der Waals surface area contributed by atoms with Crippen LogP contribution in [-0.4, -0.2) is 26.4 Å². The summed E-state index contributed by atoms with van der Waals surface area (Å²) in [6.45, 7) is 1.98. The molecule has 3 nitrogen and oxygen atoms in total. The average molecular weight is 227 g/mol. The van der Waals surface area contributed by atoms with Crippen LogP contribution >= 0.6 is 10.7 Å². The lowest BCUT2D eigenvalue weighted by molar-refractivity contribution is 0.0896. The standard InChI is InChI=1S/C8H15ClO3S/c1-3-7(12-2)6-8(4-5-8)13(9,10)11/h7H,3-6H2,1-2H3. The summed E-state index contributed by atoms with van der Waals surface area (Å²) in [5.41, 5.74) is 0. The van der Waals surface area contributed by atoms with E-state index in [4.69, 9.17) is 15.4 Å². The minimum Gasteiger partial charge on any atom is -0.381 e. The van der Waals surface area contributed by atoms with E-state index in [2.05, 4.69) is 0 Å². The first-order chi connectivity index (χ1) is 5.95. The van der Waals surface area contributed by atoms with Crippen molar-refractivity contribution in [2.24, 2.45) is 0 Å². The van der Waals surface area contributed by atoms with Crippen LogP contribution in [0.2, 0.25) is 0 Å². The lowest BCUT2D eigenvalue weighted by atomic mass is 10.1. The molecule has 0 aromatic carbocycles. The van der Waals surface area contributed by atoms with E-state index in [1.165, 1.54) is 0 Å². The lowest BCUT2D eigenvalue weighted by Gasteiger charge is -2.18. The smallest absolute Gasteiger partial charge is 0.238 e. The Labute approximate surface area is 83.8 Å². The van der Waals surface area contributed by atoms with E-state index in [-0.39, 0.29) is 6.10 Å². The van der Waals surface area contributed by atoms with E-state index < -0.39 is 13.8 Å². The van der Waals surface area contributed by atoms with E-state index in [1.54, 1.807) is 7.11 Å². The van der Waals surface area contributed by atoms with E-state index >= 15 is 0 Å². The second-order valence-electron chi connectivity index (χ2n) is 3.59. The van der Waals surface area contributed by atoms with E-state index in [9.17, 15) is 8.42 Å². The van der Waals surface area contributed by atoms with Crippen molar-refractivity contribution in [1.82, 2.24) is 0 Å². The van der Waals surface area contributed by atoms with Gasteiger partial charge in [0.05, 0.1) is 10.9 Å². The monoisotopic (exact) mass is 226 g/mol. The fraction of sp³-hybridized carbons (Fsp3) is 1.00. The largest absolute Gasteiger partial charge is 0.381 e. The molecule has 1 rings (SSSR count). The number of rotatable bonds is 5. The molecular formula is C8H15ClO3S. The number of halogens is 1. The predicted molar refractivity (Wildman–Crippen MR) is 52.4 cm³/mol. The van der Waals surface area contributed by atoms with Gasteiger partial charge in [-0.25, -0.2) is 8.42 Å². The third kappa shape index (κ3) is 2.36. The van der Waals surface area contributed by atoms with Gasteiger partial charge in [-0.3, -0.25) is 0 Å². The van der Waals surface area contributed by atoms with Gasteiger partial charge < -0.3 is 4.74 Å². The molecule has 1 atom stereocenters. The lowest BCUT2D eigenvalue weighted by Crippen LogP contribution is -2.25. The highest BCUT2D eigenvalue weighted by Gasteiger charge is 2.54. The molecule has 0 heterocycles. The molecule has 0 aliphatic heterocycles. The molecule has 1 fully saturated rings. The highest BCUT2D eigenvalue weighted by Crippen LogP contribution is 2.49. The van der Waals surface area contributed by atoms with Crippen LogP contribution in [0.4, 0.5) is 0 Å². The van der Waals surface area contributed by atoms with Crippen molar-refractivity contribution >= 4 is 19.7 Å². The predicted octanol–water partition coefficient (Wildman–Crippen LogP) is 1.90. The Kier molecular flexibility index (Phi) is 3.25. The zero-order valence-electron chi connectivity index (χ0n) is 7.92. The van der Waals surface area contributed by atoms with Crippen molar-refractivity contribution in [1.29, 1.82) is 0 Å². The molecule has 1 saturated carbocycles. The van der Waals surface area contributed by atoms with Crippen LogP contribution in [-0.2, 0) is 13.8 Å². The van der Waals surface area contributed by atoms with Gasteiger partial charge in [-0.1, -0.05) is 6.92 Å². The van der Waals surface area contributed by atoms with Crippen molar-refractivity contribution in [3.8, 4) is 0 Å². The Bertz CT molecular complexity index is 265. The van der Waals surface area contributed by atoms with Crippen molar-refractivity contribution < 1.29 is 13.2 Å². The molecule has 1 aliphatic rings. The first-order valence-electron chi connectivity index (χ1n) is 4.42. The van der Waals surface area contributed by atoms with Crippen molar-refractivity contribution in [3.05, 3.63) is 0 Å². The third-order valence-corrected chi connectivity index (χ3v) is 5.30. The summed E-state index contributed by atoms with van der Waals surface area (Å²) >= 11 is 0. The van der Waals surface area contributed by atoms with Gasteiger partial charge in [0.1, 0.15) is 0 Å². The number of methoxy groups -OCH3 is 1.